The molecule has 5 heteroatoms. The first-order chi connectivity index (χ1) is 11.2. The van der Waals surface area contributed by atoms with Crippen molar-refractivity contribution in [1.29, 1.82) is 0 Å². The van der Waals surface area contributed by atoms with E-state index in [9.17, 15) is 5.11 Å². The van der Waals surface area contributed by atoms with Gasteiger partial charge in [0, 0.05) is 31.4 Å². The largest absolute Gasteiger partial charge is 0.497 e. The van der Waals surface area contributed by atoms with Gasteiger partial charge in [-0.3, -0.25) is 9.88 Å². The molecule has 0 aliphatic carbocycles. The minimum Gasteiger partial charge on any atom is -0.497 e. The van der Waals surface area contributed by atoms with Crippen LogP contribution in [0, 0.1) is 0 Å². The Balaban J connectivity index is 1.72. The Morgan fingerprint density at radius 3 is 2.91 bits per heavy atom. The molecule has 0 bridgehead atoms. The predicted octanol–water partition coefficient (Wildman–Crippen LogP) is 2.24. The lowest BCUT2D eigenvalue weighted by molar-refractivity contribution is 0.174. The number of ether oxygens (including phenoxy) is 2. The third-order valence-electron chi connectivity index (χ3n) is 4.01. The molecule has 1 aromatic carbocycles. The zero-order chi connectivity index (χ0) is 16.1. The van der Waals surface area contributed by atoms with Crippen LogP contribution in [0.25, 0.3) is 0 Å². The fraction of sp³-hybridized carbons (Fsp3) is 0.389. The molecule has 2 heterocycles. The summed E-state index contributed by atoms with van der Waals surface area (Å²) in [5.41, 5.74) is 1.96. The van der Waals surface area contributed by atoms with Crippen molar-refractivity contribution in [1.82, 2.24) is 9.88 Å². The van der Waals surface area contributed by atoms with Crippen LogP contribution in [-0.2, 0) is 13.2 Å². The first-order valence-corrected chi connectivity index (χ1v) is 7.84. The highest BCUT2D eigenvalue weighted by atomic mass is 16.5. The van der Waals surface area contributed by atoms with Gasteiger partial charge in [0.05, 0.1) is 18.9 Å². The van der Waals surface area contributed by atoms with Gasteiger partial charge in [0.1, 0.15) is 18.1 Å². The Kier molecular flexibility index (Phi) is 5.10. The molecule has 1 atom stereocenters. The first-order valence-electron chi connectivity index (χ1n) is 7.84. The SMILES string of the molecule is COc1ccc(OCc2ccccn2)c(CN2CC[C@H](O)C2)c1. The Bertz CT molecular complexity index is 633. The second-order valence-electron chi connectivity index (χ2n) is 5.76. The van der Waals surface area contributed by atoms with E-state index in [0.717, 1.165) is 42.3 Å². The minimum absolute atomic E-state index is 0.224. The summed E-state index contributed by atoms with van der Waals surface area (Å²) >= 11 is 0. The Hall–Kier alpha value is -2.11. The zero-order valence-corrected chi connectivity index (χ0v) is 13.3. The number of hydrogen-bond donors (Lipinski definition) is 1. The molecular weight excluding hydrogens is 292 g/mol. The molecule has 0 unspecified atom stereocenters. The molecular formula is C18H22N2O3. The smallest absolute Gasteiger partial charge is 0.130 e. The molecule has 0 saturated carbocycles. The van der Waals surface area contributed by atoms with Crippen molar-refractivity contribution < 1.29 is 14.6 Å². The average Bonchev–Trinajstić information content (AvgIpc) is 2.99. The monoisotopic (exact) mass is 314 g/mol. The number of benzene rings is 1. The van der Waals surface area contributed by atoms with Gasteiger partial charge in [-0.15, -0.1) is 0 Å². The van der Waals surface area contributed by atoms with Crippen molar-refractivity contribution >= 4 is 0 Å². The number of pyridine rings is 1. The van der Waals surface area contributed by atoms with Gasteiger partial charge in [-0.05, 0) is 36.8 Å². The van der Waals surface area contributed by atoms with E-state index in [0.29, 0.717) is 13.2 Å². The van der Waals surface area contributed by atoms with Crippen molar-refractivity contribution in [3.63, 3.8) is 0 Å². The summed E-state index contributed by atoms with van der Waals surface area (Å²) < 4.78 is 11.3. The summed E-state index contributed by atoms with van der Waals surface area (Å²) in [6, 6.07) is 11.6. The molecule has 1 fully saturated rings. The molecule has 1 N–H and O–H groups in total. The molecule has 0 radical (unpaired) electrons. The standard InChI is InChI=1S/C18H22N2O3/c1-22-17-5-6-18(23-13-15-4-2-3-8-19-15)14(10-17)11-20-9-7-16(21)12-20/h2-6,8,10,16,21H,7,9,11-13H2,1H3/t16-/m0/s1. The lowest BCUT2D eigenvalue weighted by atomic mass is 10.1. The quantitative estimate of drug-likeness (QED) is 0.886. The van der Waals surface area contributed by atoms with E-state index in [2.05, 4.69) is 9.88 Å². The summed E-state index contributed by atoms with van der Waals surface area (Å²) in [4.78, 5) is 6.51. The molecule has 23 heavy (non-hydrogen) atoms. The normalized spacial score (nSPS) is 18.1. The van der Waals surface area contributed by atoms with E-state index in [1.54, 1.807) is 13.3 Å². The van der Waals surface area contributed by atoms with Crippen molar-refractivity contribution in [2.75, 3.05) is 20.2 Å². The third kappa shape index (κ3) is 4.21. The maximum absolute atomic E-state index is 9.69. The summed E-state index contributed by atoms with van der Waals surface area (Å²) in [6.45, 7) is 2.78. The Labute approximate surface area is 136 Å². The second-order valence-corrected chi connectivity index (χ2v) is 5.76. The van der Waals surface area contributed by atoms with Gasteiger partial charge >= 0.3 is 0 Å². The zero-order valence-electron chi connectivity index (χ0n) is 13.3. The lowest BCUT2D eigenvalue weighted by Gasteiger charge is -2.18. The number of aliphatic hydroxyl groups is 1. The van der Waals surface area contributed by atoms with Gasteiger partial charge in [-0.25, -0.2) is 0 Å². The number of aromatic nitrogens is 1. The van der Waals surface area contributed by atoms with E-state index in [1.165, 1.54) is 0 Å². The van der Waals surface area contributed by atoms with Crippen LogP contribution in [-0.4, -0.2) is 41.3 Å². The van der Waals surface area contributed by atoms with E-state index < -0.39 is 0 Å². The van der Waals surface area contributed by atoms with Gasteiger partial charge in [0.2, 0.25) is 0 Å². The van der Waals surface area contributed by atoms with Crippen molar-refractivity contribution in [3.05, 3.63) is 53.9 Å². The summed E-state index contributed by atoms with van der Waals surface area (Å²) in [6.07, 6.45) is 2.37. The summed E-state index contributed by atoms with van der Waals surface area (Å²) in [7, 11) is 1.66. The highest BCUT2D eigenvalue weighted by Crippen LogP contribution is 2.27. The molecule has 1 saturated heterocycles. The van der Waals surface area contributed by atoms with Crippen LogP contribution < -0.4 is 9.47 Å². The van der Waals surface area contributed by atoms with Gasteiger partial charge in [-0.2, -0.15) is 0 Å². The van der Waals surface area contributed by atoms with E-state index in [-0.39, 0.29) is 6.10 Å². The topological polar surface area (TPSA) is 54.8 Å². The molecule has 5 nitrogen and oxygen atoms in total. The highest BCUT2D eigenvalue weighted by molar-refractivity contribution is 5.40. The molecule has 0 spiro atoms. The fourth-order valence-electron chi connectivity index (χ4n) is 2.78. The number of nitrogens with zero attached hydrogens (tertiary/aromatic N) is 2. The van der Waals surface area contributed by atoms with Crippen LogP contribution in [0.1, 0.15) is 17.7 Å². The van der Waals surface area contributed by atoms with Crippen molar-refractivity contribution in [2.24, 2.45) is 0 Å². The number of aliphatic hydroxyl groups excluding tert-OH is 1. The molecule has 1 aromatic heterocycles. The number of methoxy groups -OCH3 is 1. The van der Waals surface area contributed by atoms with Crippen LogP contribution in [0.5, 0.6) is 11.5 Å². The summed E-state index contributed by atoms with van der Waals surface area (Å²) in [5.74, 6) is 1.64. The van der Waals surface area contributed by atoms with Crippen LogP contribution >= 0.6 is 0 Å². The second kappa shape index (κ2) is 7.44. The Morgan fingerprint density at radius 1 is 1.30 bits per heavy atom. The number of rotatable bonds is 6. The van der Waals surface area contributed by atoms with Gasteiger partial charge in [0.15, 0.2) is 0 Å². The van der Waals surface area contributed by atoms with Gasteiger partial charge in [0.25, 0.3) is 0 Å². The third-order valence-corrected chi connectivity index (χ3v) is 4.01. The van der Waals surface area contributed by atoms with Crippen LogP contribution in [0.2, 0.25) is 0 Å². The molecule has 3 rings (SSSR count). The van der Waals surface area contributed by atoms with E-state index in [4.69, 9.17) is 9.47 Å². The molecule has 122 valence electrons. The molecule has 0 amide bonds. The fourth-order valence-corrected chi connectivity index (χ4v) is 2.78. The van der Waals surface area contributed by atoms with Crippen LogP contribution in [0.15, 0.2) is 42.6 Å². The minimum atomic E-state index is -0.224. The maximum Gasteiger partial charge on any atom is 0.130 e. The molecule has 1 aliphatic heterocycles. The van der Waals surface area contributed by atoms with Crippen molar-refractivity contribution in [2.45, 2.75) is 25.7 Å². The highest BCUT2D eigenvalue weighted by Gasteiger charge is 2.21. The van der Waals surface area contributed by atoms with Crippen LogP contribution in [0.3, 0.4) is 0 Å². The van der Waals surface area contributed by atoms with E-state index in [1.807, 2.05) is 36.4 Å². The van der Waals surface area contributed by atoms with Gasteiger partial charge < -0.3 is 14.6 Å². The summed E-state index contributed by atoms with van der Waals surface area (Å²) in [5, 5.41) is 9.69. The van der Waals surface area contributed by atoms with Crippen LogP contribution in [0.4, 0.5) is 0 Å². The maximum atomic E-state index is 9.69. The Morgan fingerprint density at radius 2 is 2.22 bits per heavy atom. The predicted molar refractivity (Wildman–Crippen MR) is 87.5 cm³/mol. The van der Waals surface area contributed by atoms with E-state index >= 15 is 0 Å². The molecule has 1 aliphatic rings. The average molecular weight is 314 g/mol. The number of β-amino-alcohol motifs (C(OH)–C–C–N with tert-alkyl or cyclic N) is 1. The number of likely N-dealkylation sites (tertiary alicyclic amines) is 1. The molecule has 2 aromatic rings. The number of hydrogen-bond acceptors (Lipinski definition) is 5. The lowest BCUT2D eigenvalue weighted by Crippen LogP contribution is -2.22. The first kappa shape index (κ1) is 15.8. The van der Waals surface area contributed by atoms with Gasteiger partial charge in [-0.1, -0.05) is 6.07 Å². The van der Waals surface area contributed by atoms with Crippen molar-refractivity contribution in [3.8, 4) is 11.5 Å².